The second-order valence-corrected chi connectivity index (χ2v) is 10.8. The Labute approximate surface area is 255 Å². The number of benzene rings is 4. The summed E-state index contributed by atoms with van der Waals surface area (Å²) in [4.78, 5) is 18.0. The molecule has 0 bridgehead atoms. The van der Waals surface area contributed by atoms with Crippen molar-refractivity contribution in [3.8, 4) is 22.7 Å². The number of nitrogens with zero attached hydrogens (tertiary/aromatic N) is 1. The van der Waals surface area contributed by atoms with E-state index in [9.17, 15) is 18.7 Å². The summed E-state index contributed by atoms with van der Waals surface area (Å²) in [6.07, 6.45) is -0.0854. The van der Waals surface area contributed by atoms with Crippen LogP contribution in [0.5, 0.6) is 0 Å². The molecule has 5 rings (SSSR count). The molecule has 1 aromatic heterocycles. The van der Waals surface area contributed by atoms with Crippen LogP contribution < -0.4 is 10.6 Å². The fraction of sp³-hybridized carbons (Fsp3) is 0.222. The summed E-state index contributed by atoms with van der Waals surface area (Å²) in [6, 6.07) is 27.0. The molecule has 1 amide bonds. The highest BCUT2D eigenvalue weighted by molar-refractivity contribution is 5.94. The lowest BCUT2D eigenvalue weighted by atomic mass is 9.99. The molecule has 3 N–H and O–H groups in total. The molecule has 1 heterocycles. The standard InChI is InChI=1S/C36H35F2N3O3/c1-3-24-8-7-9-25(16-24)21-39-22-33(42)32(19-26-17-30(37)20-31(38)18-26)40-35(43)28-12-14-29(15-13-28)36-41-34(23(2)44-36)27-10-5-4-6-11-27/h4-18,20,32-33,39,42H,3,19,21-22H2,1-2H3,(H,40,43)/t32-,33+/m0/s1. The number of carbonyl (C=O) groups excluding carboxylic acids is 1. The fourth-order valence-corrected chi connectivity index (χ4v) is 5.13. The largest absolute Gasteiger partial charge is 0.441 e. The maximum absolute atomic E-state index is 13.9. The molecule has 0 radical (unpaired) electrons. The summed E-state index contributed by atoms with van der Waals surface area (Å²) < 4.78 is 33.8. The van der Waals surface area contributed by atoms with Crippen molar-refractivity contribution >= 4 is 5.91 Å². The van der Waals surface area contributed by atoms with Gasteiger partial charge >= 0.3 is 0 Å². The Kier molecular flexibility index (Phi) is 9.94. The number of hydrogen-bond acceptors (Lipinski definition) is 5. The van der Waals surface area contributed by atoms with Crippen LogP contribution in [-0.4, -0.2) is 34.7 Å². The Hall–Kier alpha value is -4.66. The van der Waals surface area contributed by atoms with Crippen molar-refractivity contribution in [2.45, 2.75) is 45.4 Å². The van der Waals surface area contributed by atoms with Crippen molar-refractivity contribution in [3.63, 3.8) is 0 Å². The summed E-state index contributed by atoms with van der Waals surface area (Å²) in [6.45, 7) is 4.62. The molecule has 0 aliphatic heterocycles. The smallest absolute Gasteiger partial charge is 0.251 e. The highest BCUT2D eigenvalue weighted by atomic mass is 19.1. The van der Waals surface area contributed by atoms with Gasteiger partial charge in [-0.1, -0.05) is 61.5 Å². The number of carbonyl (C=O) groups is 1. The zero-order valence-electron chi connectivity index (χ0n) is 24.7. The molecular formula is C36H35F2N3O3. The number of aryl methyl sites for hydroxylation is 2. The molecule has 226 valence electrons. The molecule has 0 aliphatic rings. The van der Waals surface area contributed by atoms with E-state index in [4.69, 9.17) is 4.42 Å². The van der Waals surface area contributed by atoms with Crippen molar-refractivity contribution in [2.24, 2.45) is 0 Å². The van der Waals surface area contributed by atoms with E-state index >= 15 is 0 Å². The summed E-state index contributed by atoms with van der Waals surface area (Å²) in [5.41, 5.74) is 5.36. The van der Waals surface area contributed by atoms with Gasteiger partial charge in [-0.15, -0.1) is 0 Å². The zero-order valence-corrected chi connectivity index (χ0v) is 24.7. The van der Waals surface area contributed by atoms with Crippen LogP contribution in [0.1, 0.15) is 39.7 Å². The summed E-state index contributed by atoms with van der Waals surface area (Å²) in [5, 5.41) is 17.2. The molecule has 2 atom stereocenters. The lowest BCUT2D eigenvalue weighted by Gasteiger charge is -2.25. The van der Waals surface area contributed by atoms with Crippen molar-refractivity contribution in [1.29, 1.82) is 0 Å². The van der Waals surface area contributed by atoms with Gasteiger partial charge in [0.05, 0.1) is 12.1 Å². The maximum Gasteiger partial charge on any atom is 0.251 e. The van der Waals surface area contributed by atoms with Gasteiger partial charge in [0.1, 0.15) is 23.1 Å². The fourth-order valence-electron chi connectivity index (χ4n) is 5.13. The average Bonchev–Trinajstić information content (AvgIpc) is 3.42. The van der Waals surface area contributed by atoms with E-state index < -0.39 is 29.7 Å². The van der Waals surface area contributed by atoms with Crippen molar-refractivity contribution < 1.29 is 23.1 Å². The molecule has 5 aromatic rings. The molecule has 6 nitrogen and oxygen atoms in total. The van der Waals surface area contributed by atoms with Gasteiger partial charge in [-0.2, -0.15) is 0 Å². The number of oxazole rings is 1. The zero-order chi connectivity index (χ0) is 31.1. The van der Waals surface area contributed by atoms with Gasteiger partial charge in [0.15, 0.2) is 0 Å². The third kappa shape index (κ3) is 7.83. The first kappa shape index (κ1) is 30.8. The molecule has 8 heteroatoms. The highest BCUT2D eigenvalue weighted by Gasteiger charge is 2.23. The van der Waals surface area contributed by atoms with Crippen LogP contribution in [0.4, 0.5) is 8.78 Å². The van der Waals surface area contributed by atoms with Crippen LogP contribution in [-0.2, 0) is 19.4 Å². The Morgan fingerprint density at radius 1 is 0.864 bits per heavy atom. The SMILES string of the molecule is CCc1cccc(CNC[C@@H](O)[C@H](Cc2cc(F)cc(F)c2)NC(=O)c2ccc(-c3nc(-c4ccccc4)c(C)o3)cc2)c1. The van der Waals surface area contributed by atoms with E-state index in [0.717, 1.165) is 29.3 Å². The quantitative estimate of drug-likeness (QED) is 0.150. The van der Waals surface area contributed by atoms with Crippen LogP contribution in [0.2, 0.25) is 0 Å². The van der Waals surface area contributed by atoms with Crippen LogP contribution >= 0.6 is 0 Å². The number of hydrogen-bond donors (Lipinski definition) is 3. The first-order valence-electron chi connectivity index (χ1n) is 14.6. The van der Waals surface area contributed by atoms with E-state index in [1.54, 1.807) is 24.3 Å². The molecule has 0 aliphatic carbocycles. The predicted octanol–water partition coefficient (Wildman–Crippen LogP) is 6.65. The van der Waals surface area contributed by atoms with Crippen molar-refractivity contribution in [2.75, 3.05) is 6.54 Å². The van der Waals surface area contributed by atoms with Gasteiger partial charge in [0.2, 0.25) is 5.89 Å². The minimum absolute atomic E-state index is 0.0323. The van der Waals surface area contributed by atoms with Crippen LogP contribution in [0, 0.1) is 18.6 Å². The van der Waals surface area contributed by atoms with Gasteiger partial charge in [0, 0.05) is 35.8 Å². The number of aliphatic hydroxyl groups is 1. The second kappa shape index (κ2) is 14.2. The normalized spacial score (nSPS) is 12.6. The monoisotopic (exact) mass is 595 g/mol. The Balaban J connectivity index is 1.29. The van der Waals surface area contributed by atoms with Gasteiger partial charge < -0.3 is 20.2 Å². The lowest BCUT2D eigenvalue weighted by Crippen LogP contribution is -2.48. The molecule has 0 unspecified atom stereocenters. The lowest BCUT2D eigenvalue weighted by molar-refractivity contribution is 0.0830. The Bertz CT molecular complexity index is 1680. The molecule has 0 saturated heterocycles. The number of aliphatic hydroxyl groups excluding tert-OH is 1. The van der Waals surface area contributed by atoms with Gasteiger partial charge in [-0.05, 0) is 72.9 Å². The van der Waals surface area contributed by atoms with E-state index in [-0.39, 0.29) is 13.0 Å². The Morgan fingerprint density at radius 2 is 1.57 bits per heavy atom. The Morgan fingerprint density at radius 3 is 2.27 bits per heavy atom. The van der Waals surface area contributed by atoms with Crippen molar-refractivity contribution in [1.82, 2.24) is 15.6 Å². The van der Waals surface area contributed by atoms with Crippen LogP contribution in [0.3, 0.4) is 0 Å². The van der Waals surface area contributed by atoms with Crippen molar-refractivity contribution in [3.05, 3.63) is 137 Å². The minimum atomic E-state index is -1.04. The third-order valence-corrected chi connectivity index (χ3v) is 7.48. The van der Waals surface area contributed by atoms with E-state index in [2.05, 4.69) is 34.7 Å². The van der Waals surface area contributed by atoms with Gasteiger partial charge in [0.25, 0.3) is 5.91 Å². The van der Waals surface area contributed by atoms with Gasteiger partial charge in [-0.3, -0.25) is 4.79 Å². The number of aromatic nitrogens is 1. The van der Waals surface area contributed by atoms with Gasteiger partial charge in [-0.25, -0.2) is 13.8 Å². The van der Waals surface area contributed by atoms with E-state index in [1.807, 2.05) is 49.4 Å². The predicted molar refractivity (Wildman–Crippen MR) is 167 cm³/mol. The van der Waals surface area contributed by atoms with E-state index in [1.165, 1.54) is 17.7 Å². The molecule has 4 aromatic carbocycles. The number of amides is 1. The topological polar surface area (TPSA) is 87.4 Å². The first-order chi connectivity index (χ1) is 21.3. The molecular weight excluding hydrogens is 560 g/mol. The minimum Gasteiger partial charge on any atom is -0.441 e. The maximum atomic E-state index is 13.9. The van der Waals surface area contributed by atoms with E-state index in [0.29, 0.717) is 34.9 Å². The highest BCUT2D eigenvalue weighted by Crippen LogP contribution is 2.28. The second-order valence-electron chi connectivity index (χ2n) is 10.8. The third-order valence-electron chi connectivity index (χ3n) is 7.48. The van der Waals surface area contributed by atoms with Crippen LogP contribution in [0.25, 0.3) is 22.7 Å². The molecule has 0 spiro atoms. The molecule has 0 saturated carbocycles. The first-order valence-corrected chi connectivity index (χ1v) is 14.6. The number of nitrogens with one attached hydrogen (secondary N) is 2. The number of halogens is 2. The summed E-state index contributed by atoms with van der Waals surface area (Å²) in [5.74, 6) is -0.750. The van der Waals surface area contributed by atoms with Crippen LogP contribution in [0.15, 0.2) is 101 Å². The molecule has 0 fully saturated rings. The summed E-state index contributed by atoms with van der Waals surface area (Å²) in [7, 11) is 0. The molecule has 44 heavy (non-hydrogen) atoms. The average molecular weight is 596 g/mol. The number of rotatable bonds is 12. The summed E-state index contributed by atoms with van der Waals surface area (Å²) >= 11 is 0.